The molecule has 1 aliphatic heterocycles. The van der Waals surface area contributed by atoms with Crippen LogP contribution in [0.25, 0.3) is 0 Å². The first-order chi connectivity index (χ1) is 12.9. The molecule has 1 aliphatic rings. The first kappa shape index (κ1) is 19.5. The van der Waals surface area contributed by atoms with E-state index in [9.17, 15) is 13.2 Å². The minimum atomic E-state index is -3.62. The van der Waals surface area contributed by atoms with E-state index in [-0.39, 0.29) is 16.9 Å². The molecule has 0 unspecified atom stereocenters. The summed E-state index contributed by atoms with van der Waals surface area (Å²) >= 11 is 0. The smallest absolute Gasteiger partial charge is 0.256 e. The van der Waals surface area contributed by atoms with Crippen LogP contribution in [0.1, 0.15) is 28.9 Å². The van der Waals surface area contributed by atoms with Crippen molar-refractivity contribution >= 4 is 21.7 Å². The molecule has 3 rings (SSSR count). The van der Waals surface area contributed by atoms with Gasteiger partial charge in [0.15, 0.2) is 0 Å². The fraction of sp³-hybridized carbons (Fsp3) is 0.368. The number of hydrogen-bond acceptors (Lipinski definition) is 5. The Hall–Kier alpha value is -2.29. The summed E-state index contributed by atoms with van der Waals surface area (Å²) in [5.41, 5.74) is 1.16. The number of aryl methyl sites for hydroxylation is 1. The summed E-state index contributed by atoms with van der Waals surface area (Å²) in [5.74, 6) is 0.109. The van der Waals surface area contributed by atoms with Gasteiger partial charge in [0, 0.05) is 31.5 Å². The second-order valence-electron chi connectivity index (χ2n) is 6.56. The van der Waals surface area contributed by atoms with E-state index in [1.54, 1.807) is 19.2 Å². The molecule has 1 aromatic heterocycles. The second-order valence-corrected chi connectivity index (χ2v) is 8.61. The van der Waals surface area contributed by atoms with E-state index < -0.39 is 10.0 Å². The van der Waals surface area contributed by atoms with Crippen molar-refractivity contribution in [3.63, 3.8) is 0 Å². The molecule has 2 heterocycles. The van der Waals surface area contributed by atoms with Crippen molar-refractivity contribution in [1.29, 1.82) is 0 Å². The standard InChI is InChI=1S/C19H23N3O4S/c1-14-5-3-7-18(20-14)21-19(23)15-8-10-17(11-9-15)27(24,25)22(2)13-16-6-4-12-26-16/h3,5,7-11,16H,4,6,12-13H2,1-2H3,(H,20,21,23)/t16-/m1/s1. The highest BCUT2D eigenvalue weighted by atomic mass is 32.2. The molecule has 0 aliphatic carbocycles. The van der Waals surface area contributed by atoms with E-state index in [0.717, 1.165) is 18.5 Å². The van der Waals surface area contributed by atoms with Crippen LogP contribution in [0.4, 0.5) is 5.82 Å². The number of aromatic nitrogens is 1. The summed E-state index contributed by atoms with van der Waals surface area (Å²) in [6.45, 7) is 2.84. The summed E-state index contributed by atoms with van der Waals surface area (Å²) in [7, 11) is -2.08. The summed E-state index contributed by atoms with van der Waals surface area (Å²) < 4.78 is 32.2. The van der Waals surface area contributed by atoms with Gasteiger partial charge in [-0.3, -0.25) is 4.79 Å². The maximum Gasteiger partial charge on any atom is 0.256 e. The normalized spacial score (nSPS) is 17.2. The molecule has 7 nitrogen and oxygen atoms in total. The van der Waals surface area contributed by atoms with Gasteiger partial charge in [-0.2, -0.15) is 4.31 Å². The number of sulfonamides is 1. The van der Waals surface area contributed by atoms with Gasteiger partial charge in [-0.1, -0.05) is 6.07 Å². The third kappa shape index (κ3) is 4.71. The van der Waals surface area contributed by atoms with Crippen LogP contribution < -0.4 is 5.32 Å². The Morgan fingerprint density at radius 3 is 2.63 bits per heavy atom. The predicted octanol–water partition coefficient (Wildman–Crippen LogP) is 2.44. The molecule has 0 spiro atoms. The lowest BCUT2D eigenvalue weighted by Crippen LogP contribution is -2.34. The number of nitrogens with one attached hydrogen (secondary N) is 1. The minimum absolute atomic E-state index is 0.0587. The average molecular weight is 389 g/mol. The number of likely N-dealkylation sites (N-methyl/N-ethyl adjacent to an activating group) is 1. The van der Waals surface area contributed by atoms with Crippen molar-refractivity contribution in [3.8, 4) is 0 Å². The van der Waals surface area contributed by atoms with Crippen LogP contribution in [0.5, 0.6) is 0 Å². The Morgan fingerprint density at radius 1 is 1.26 bits per heavy atom. The lowest BCUT2D eigenvalue weighted by atomic mass is 10.2. The van der Waals surface area contributed by atoms with E-state index in [0.29, 0.717) is 24.5 Å². The van der Waals surface area contributed by atoms with Gasteiger partial charge in [-0.05, 0) is 56.2 Å². The van der Waals surface area contributed by atoms with Crippen molar-refractivity contribution in [2.24, 2.45) is 0 Å². The SMILES string of the molecule is Cc1cccc(NC(=O)c2ccc(S(=O)(=O)N(C)C[C@H]3CCCO3)cc2)n1. The van der Waals surface area contributed by atoms with E-state index >= 15 is 0 Å². The van der Waals surface area contributed by atoms with Crippen molar-refractivity contribution < 1.29 is 17.9 Å². The van der Waals surface area contributed by atoms with Gasteiger partial charge in [0.2, 0.25) is 10.0 Å². The largest absolute Gasteiger partial charge is 0.377 e. The topological polar surface area (TPSA) is 88.6 Å². The van der Waals surface area contributed by atoms with Crippen molar-refractivity contribution in [3.05, 3.63) is 53.7 Å². The van der Waals surface area contributed by atoms with Crippen molar-refractivity contribution in [2.45, 2.75) is 30.8 Å². The van der Waals surface area contributed by atoms with Gasteiger partial charge in [-0.25, -0.2) is 13.4 Å². The fourth-order valence-electron chi connectivity index (χ4n) is 2.93. The van der Waals surface area contributed by atoms with Gasteiger partial charge in [0.05, 0.1) is 11.0 Å². The molecule has 1 amide bonds. The Bertz CT molecular complexity index is 907. The Balaban J connectivity index is 1.69. The van der Waals surface area contributed by atoms with Crippen molar-refractivity contribution in [2.75, 3.05) is 25.5 Å². The van der Waals surface area contributed by atoms with Crippen LogP contribution in [-0.4, -0.2) is 49.9 Å². The van der Waals surface area contributed by atoms with Crippen LogP contribution >= 0.6 is 0 Å². The van der Waals surface area contributed by atoms with Crippen LogP contribution in [0, 0.1) is 6.92 Å². The van der Waals surface area contributed by atoms with Crippen molar-refractivity contribution in [1.82, 2.24) is 9.29 Å². The molecule has 1 atom stereocenters. The number of ether oxygens (including phenoxy) is 1. The quantitative estimate of drug-likeness (QED) is 0.820. The first-order valence-electron chi connectivity index (χ1n) is 8.79. The Morgan fingerprint density at radius 2 is 2.00 bits per heavy atom. The van der Waals surface area contributed by atoms with Gasteiger partial charge in [0.1, 0.15) is 5.82 Å². The molecule has 27 heavy (non-hydrogen) atoms. The maximum absolute atomic E-state index is 12.7. The summed E-state index contributed by atoms with van der Waals surface area (Å²) in [4.78, 5) is 16.7. The maximum atomic E-state index is 12.7. The van der Waals surface area contributed by atoms with Crippen LogP contribution in [-0.2, 0) is 14.8 Å². The third-order valence-corrected chi connectivity index (χ3v) is 6.28. The Kier molecular flexibility index (Phi) is 5.88. The molecule has 1 aromatic carbocycles. The zero-order chi connectivity index (χ0) is 19.4. The monoisotopic (exact) mass is 389 g/mol. The Labute approximate surface area is 159 Å². The lowest BCUT2D eigenvalue weighted by molar-refractivity contribution is 0.0979. The number of nitrogens with zero attached hydrogens (tertiary/aromatic N) is 2. The predicted molar refractivity (Wildman–Crippen MR) is 102 cm³/mol. The number of carbonyl (C=O) groups is 1. The molecular formula is C19H23N3O4S. The second kappa shape index (κ2) is 8.16. The van der Waals surface area contributed by atoms with E-state index in [4.69, 9.17) is 4.74 Å². The summed E-state index contributed by atoms with van der Waals surface area (Å²) in [6.07, 6.45) is 1.76. The summed E-state index contributed by atoms with van der Waals surface area (Å²) in [5, 5.41) is 2.70. The highest BCUT2D eigenvalue weighted by Gasteiger charge is 2.26. The number of pyridine rings is 1. The van der Waals surface area contributed by atoms with Gasteiger partial charge in [-0.15, -0.1) is 0 Å². The molecule has 1 fully saturated rings. The summed E-state index contributed by atoms with van der Waals surface area (Å²) in [6, 6.07) is 11.2. The molecule has 0 saturated carbocycles. The highest BCUT2D eigenvalue weighted by molar-refractivity contribution is 7.89. The lowest BCUT2D eigenvalue weighted by Gasteiger charge is -2.20. The number of anilines is 1. The number of rotatable bonds is 6. The third-order valence-electron chi connectivity index (χ3n) is 4.44. The average Bonchev–Trinajstić information content (AvgIpc) is 3.15. The van der Waals surface area contributed by atoms with Crippen LogP contribution in [0.15, 0.2) is 47.4 Å². The van der Waals surface area contributed by atoms with E-state index in [2.05, 4.69) is 10.3 Å². The fourth-order valence-corrected chi connectivity index (χ4v) is 4.14. The first-order valence-corrected chi connectivity index (χ1v) is 10.2. The molecule has 2 aromatic rings. The van der Waals surface area contributed by atoms with Crippen LogP contribution in [0.2, 0.25) is 0 Å². The zero-order valence-corrected chi connectivity index (χ0v) is 16.2. The molecular weight excluding hydrogens is 366 g/mol. The molecule has 1 saturated heterocycles. The number of hydrogen-bond donors (Lipinski definition) is 1. The van der Waals surface area contributed by atoms with Gasteiger partial charge >= 0.3 is 0 Å². The molecule has 0 bridgehead atoms. The van der Waals surface area contributed by atoms with E-state index in [1.165, 1.54) is 28.6 Å². The molecule has 1 N–H and O–H groups in total. The van der Waals surface area contributed by atoms with Crippen LogP contribution in [0.3, 0.4) is 0 Å². The zero-order valence-electron chi connectivity index (χ0n) is 15.4. The highest BCUT2D eigenvalue weighted by Crippen LogP contribution is 2.19. The van der Waals surface area contributed by atoms with Gasteiger partial charge in [0.25, 0.3) is 5.91 Å². The minimum Gasteiger partial charge on any atom is -0.377 e. The number of carbonyl (C=O) groups excluding carboxylic acids is 1. The molecule has 8 heteroatoms. The van der Waals surface area contributed by atoms with E-state index in [1.807, 2.05) is 13.0 Å². The molecule has 0 radical (unpaired) electrons. The number of amides is 1. The van der Waals surface area contributed by atoms with Gasteiger partial charge < -0.3 is 10.1 Å². The molecule has 144 valence electrons. The number of benzene rings is 1.